The number of rotatable bonds is 1. The average Bonchev–Trinajstić information content (AvgIpc) is 2.12. The Morgan fingerprint density at radius 2 is 1.82 bits per heavy atom. The summed E-state index contributed by atoms with van der Waals surface area (Å²) in [5.41, 5.74) is 0.181. The van der Waals surface area contributed by atoms with Crippen LogP contribution in [0.2, 0.25) is 0 Å². The zero-order valence-corrected chi connectivity index (χ0v) is 11.9. The van der Waals surface area contributed by atoms with Crippen molar-refractivity contribution in [3.8, 4) is 0 Å². The van der Waals surface area contributed by atoms with E-state index >= 15 is 0 Å². The highest BCUT2D eigenvalue weighted by molar-refractivity contribution is 4.96. The number of ether oxygens (including phenoxy) is 1. The first-order valence-electron chi connectivity index (χ1n) is 6.66. The van der Waals surface area contributed by atoms with E-state index in [1.165, 1.54) is 0 Å². The molecule has 0 aromatic heterocycles. The molecule has 4 heteroatoms. The van der Waals surface area contributed by atoms with E-state index in [0.717, 1.165) is 26.2 Å². The number of hydrogen-bond acceptors (Lipinski definition) is 4. The molecule has 0 aromatic carbocycles. The molecular formula is C13H27N3O. The molecule has 0 spiro atoms. The molecule has 0 saturated carbocycles. The van der Waals surface area contributed by atoms with E-state index in [1.54, 1.807) is 0 Å². The third-order valence-corrected chi connectivity index (χ3v) is 3.67. The van der Waals surface area contributed by atoms with Crippen LogP contribution in [0.1, 0.15) is 20.8 Å². The van der Waals surface area contributed by atoms with Crippen molar-refractivity contribution in [2.24, 2.45) is 0 Å². The van der Waals surface area contributed by atoms with E-state index in [0.29, 0.717) is 18.2 Å². The number of likely N-dealkylation sites (N-methyl/N-ethyl adjacent to an activating group) is 2. The van der Waals surface area contributed by atoms with Crippen LogP contribution in [0.25, 0.3) is 0 Å². The molecule has 2 saturated heterocycles. The molecule has 2 aliphatic rings. The second-order valence-corrected chi connectivity index (χ2v) is 6.54. The molecule has 4 nitrogen and oxygen atoms in total. The highest BCUT2D eigenvalue weighted by atomic mass is 16.5. The lowest BCUT2D eigenvalue weighted by atomic mass is 9.95. The summed E-state index contributed by atoms with van der Waals surface area (Å²) in [6.07, 6.45) is 0.654. The number of piperazine rings is 1. The number of nitrogens with one attached hydrogen (secondary N) is 1. The van der Waals surface area contributed by atoms with Gasteiger partial charge in [0.15, 0.2) is 0 Å². The Bertz CT molecular complexity index is 259. The van der Waals surface area contributed by atoms with Gasteiger partial charge >= 0.3 is 0 Å². The van der Waals surface area contributed by atoms with Gasteiger partial charge in [-0.05, 0) is 34.9 Å². The van der Waals surface area contributed by atoms with Crippen LogP contribution in [0.3, 0.4) is 0 Å². The van der Waals surface area contributed by atoms with Crippen molar-refractivity contribution in [1.29, 1.82) is 0 Å². The molecule has 0 amide bonds. The fourth-order valence-electron chi connectivity index (χ4n) is 3.31. The molecule has 17 heavy (non-hydrogen) atoms. The summed E-state index contributed by atoms with van der Waals surface area (Å²) in [6.45, 7) is 11.0. The highest BCUT2D eigenvalue weighted by Gasteiger charge is 2.37. The maximum Gasteiger partial charge on any atom is 0.0871 e. The van der Waals surface area contributed by atoms with Crippen LogP contribution < -0.4 is 5.32 Å². The molecule has 0 aromatic rings. The van der Waals surface area contributed by atoms with Crippen molar-refractivity contribution < 1.29 is 4.74 Å². The predicted octanol–water partition coefficient (Wildman–Crippen LogP) is 0.388. The van der Waals surface area contributed by atoms with Gasteiger partial charge in [0, 0.05) is 37.8 Å². The van der Waals surface area contributed by atoms with E-state index in [9.17, 15) is 0 Å². The molecule has 0 radical (unpaired) electrons. The van der Waals surface area contributed by atoms with Crippen LogP contribution in [0, 0.1) is 0 Å². The first-order valence-corrected chi connectivity index (χ1v) is 6.66. The third kappa shape index (κ3) is 3.41. The summed E-state index contributed by atoms with van der Waals surface area (Å²) in [4.78, 5) is 4.78. The van der Waals surface area contributed by atoms with Crippen LogP contribution in [-0.4, -0.2) is 73.9 Å². The topological polar surface area (TPSA) is 27.7 Å². The lowest BCUT2D eigenvalue weighted by molar-refractivity contribution is -0.0974. The van der Waals surface area contributed by atoms with Gasteiger partial charge in [0.05, 0.1) is 12.2 Å². The summed E-state index contributed by atoms with van der Waals surface area (Å²) in [5, 5.41) is 3.74. The van der Waals surface area contributed by atoms with Crippen molar-refractivity contribution in [3.63, 3.8) is 0 Å². The smallest absolute Gasteiger partial charge is 0.0871 e. The fraction of sp³-hybridized carbons (Fsp3) is 1.00. The number of nitrogens with zero attached hydrogens (tertiary/aromatic N) is 2. The van der Waals surface area contributed by atoms with Gasteiger partial charge in [0.1, 0.15) is 0 Å². The van der Waals surface area contributed by atoms with E-state index in [4.69, 9.17) is 4.74 Å². The van der Waals surface area contributed by atoms with Crippen molar-refractivity contribution in [3.05, 3.63) is 0 Å². The van der Waals surface area contributed by atoms with Gasteiger partial charge in [0.25, 0.3) is 0 Å². The van der Waals surface area contributed by atoms with Gasteiger partial charge in [0.2, 0.25) is 0 Å². The van der Waals surface area contributed by atoms with Crippen molar-refractivity contribution in [1.82, 2.24) is 15.1 Å². The summed E-state index contributed by atoms with van der Waals surface area (Å²) in [5.74, 6) is 0. The third-order valence-electron chi connectivity index (χ3n) is 3.67. The lowest BCUT2D eigenvalue weighted by Gasteiger charge is -2.47. The summed E-state index contributed by atoms with van der Waals surface area (Å²) in [7, 11) is 4.38. The maximum absolute atomic E-state index is 6.11. The molecule has 100 valence electrons. The molecule has 2 aliphatic heterocycles. The zero-order valence-electron chi connectivity index (χ0n) is 11.9. The molecule has 2 fully saturated rings. The summed E-state index contributed by atoms with van der Waals surface area (Å²) >= 11 is 0. The van der Waals surface area contributed by atoms with Crippen molar-refractivity contribution >= 4 is 0 Å². The second kappa shape index (κ2) is 4.84. The first kappa shape index (κ1) is 13.3. The lowest BCUT2D eigenvalue weighted by Crippen LogP contribution is -2.67. The normalized spacial score (nSPS) is 40.4. The van der Waals surface area contributed by atoms with Gasteiger partial charge in [-0.15, -0.1) is 0 Å². The van der Waals surface area contributed by atoms with E-state index in [-0.39, 0.29) is 5.54 Å². The predicted molar refractivity (Wildman–Crippen MR) is 70.3 cm³/mol. The Morgan fingerprint density at radius 3 is 2.41 bits per heavy atom. The zero-order chi connectivity index (χ0) is 12.6. The summed E-state index contributed by atoms with van der Waals surface area (Å²) in [6, 6.07) is 0.439. The SMILES string of the molecule is CC1CN(C)CC(C2CN(C)CC(C)(C)N2)O1. The van der Waals surface area contributed by atoms with Crippen LogP contribution in [0.4, 0.5) is 0 Å². The van der Waals surface area contributed by atoms with E-state index in [1.807, 2.05) is 0 Å². The van der Waals surface area contributed by atoms with Crippen LogP contribution >= 0.6 is 0 Å². The second-order valence-electron chi connectivity index (χ2n) is 6.54. The Labute approximate surface area is 105 Å². The molecule has 1 N–H and O–H groups in total. The van der Waals surface area contributed by atoms with Crippen LogP contribution in [0.5, 0.6) is 0 Å². The molecule has 3 atom stereocenters. The van der Waals surface area contributed by atoms with E-state index in [2.05, 4.69) is 50.0 Å². The largest absolute Gasteiger partial charge is 0.371 e. The minimum Gasteiger partial charge on any atom is -0.371 e. The number of morpholine rings is 1. The molecular weight excluding hydrogens is 214 g/mol. The molecule has 0 bridgehead atoms. The monoisotopic (exact) mass is 241 g/mol. The van der Waals surface area contributed by atoms with Gasteiger partial charge in [-0.2, -0.15) is 0 Å². The molecule has 0 aliphatic carbocycles. The van der Waals surface area contributed by atoms with Gasteiger partial charge in [-0.3, -0.25) is 0 Å². The van der Waals surface area contributed by atoms with Crippen LogP contribution in [0.15, 0.2) is 0 Å². The minimum atomic E-state index is 0.181. The van der Waals surface area contributed by atoms with Gasteiger partial charge < -0.3 is 19.9 Å². The minimum absolute atomic E-state index is 0.181. The molecule has 2 heterocycles. The van der Waals surface area contributed by atoms with E-state index < -0.39 is 0 Å². The Morgan fingerprint density at radius 1 is 1.12 bits per heavy atom. The van der Waals surface area contributed by atoms with Crippen molar-refractivity contribution in [2.45, 2.75) is 44.6 Å². The van der Waals surface area contributed by atoms with Crippen molar-refractivity contribution in [2.75, 3.05) is 40.3 Å². The standard InChI is InChI=1S/C13H27N3O/c1-10-6-15(4)8-12(17-10)11-7-16(5)9-13(2,3)14-11/h10-12,14H,6-9H2,1-5H3. The highest BCUT2D eigenvalue weighted by Crippen LogP contribution is 2.19. The Balaban J connectivity index is 2.01. The van der Waals surface area contributed by atoms with Gasteiger partial charge in [-0.25, -0.2) is 0 Å². The molecule has 2 rings (SSSR count). The van der Waals surface area contributed by atoms with Gasteiger partial charge in [-0.1, -0.05) is 0 Å². The Hall–Kier alpha value is -0.160. The summed E-state index contributed by atoms with van der Waals surface area (Å²) < 4.78 is 6.11. The fourth-order valence-corrected chi connectivity index (χ4v) is 3.31. The maximum atomic E-state index is 6.11. The quantitative estimate of drug-likeness (QED) is 0.719. The van der Waals surface area contributed by atoms with Crippen LogP contribution in [-0.2, 0) is 4.74 Å². The average molecular weight is 241 g/mol. The molecule has 3 unspecified atom stereocenters. The Kier molecular flexibility index (Phi) is 3.78. The first-order chi connectivity index (χ1) is 7.85. The number of hydrogen-bond donors (Lipinski definition) is 1.